The second-order valence-corrected chi connectivity index (χ2v) is 11.4. The first-order valence-electron chi connectivity index (χ1n) is 9.97. The summed E-state index contributed by atoms with van der Waals surface area (Å²) in [6, 6.07) is 45.0. The summed E-state index contributed by atoms with van der Waals surface area (Å²) in [4.78, 5) is 0. The molecule has 0 aliphatic heterocycles. The van der Waals surface area contributed by atoms with Crippen LogP contribution < -0.4 is 10.4 Å². The predicted molar refractivity (Wildman–Crippen MR) is 125 cm³/mol. The molecule has 4 aromatic rings. The number of hydrogen-bond acceptors (Lipinski definition) is 1. The van der Waals surface area contributed by atoms with E-state index < -0.39 is 18.1 Å². The maximum atomic E-state index is 7.03. The van der Waals surface area contributed by atoms with Crippen molar-refractivity contribution in [3.63, 3.8) is 0 Å². The van der Waals surface area contributed by atoms with Crippen molar-refractivity contribution in [2.45, 2.75) is 12.1 Å². The number of rotatable bonds is 8. The Labute approximate surface area is 177 Å². The van der Waals surface area contributed by atoms with Crippen molar-refractivity contribution < 1.29 is 4.12 Å². The summed E-state index contributed by atoms with van der Waals surface area (Å²) in [6.45, 7) is 0. The van der Waals surface area contributed by atoms with E-state index in [-0.39, 0.29) is 0 Å². The van der Waals surface area contributed by atoms with E-state index in [0.717, 1.165) is 12.1 Å². The Hall–Kier alpha value is -2.73. The Morgan fingerprint density at radius 1 is 0.414 bits per heavy atom. The molecule has 0 saturated carbocycles. The van der Waals surface area contributed by atoms with E-state index >= 15 is 0 Å². The first kappa shape index (κ1) is 19.6. The van der Waals surface area contributed by atoms with Crippen molar-refractivity contribution in [2.75, 3.05) is 0 Å². The zero-order valence-corrected chi connectivity index (χ0v) is 18.4. The monoisotopic (exact) mass is 408 g/mol. The first-order valence-corrected chi connectivity index (χ1v) is 13.2. The smallest absolute Gasteiger partial charge is 0.239 e. The molecule has 0 amide bonds. The van der Waals surface area contributed by atoms with Crippen molar-refractivity contribution in [3.8, 4) is 0 Å². The molecule has 0 aliphatic carbocycles. The fourth-order valence-electron chi connectivity index (χ4n) is 3.35. The quantitative estimate of drug-likeness (QED) is 0.394. The molecular formula is C26H24OSi2. The molecule has 0 atom stereocenters. The second-order valence-electron chi connectivity index (χ2n) is 7.01. The average Bonchev–Trinajstić information content (AvgIpc) is 2.81. The highest BCUT2D eigenvalue weighted by atomic mass is 28.4. The molecule has 0 N–H and O–H groups in total. The van der Waals surface area contributed by atoms with Gasteiger partial charge in [-0.05, 0) is 33.6 Å². The molecule has 29 heavy (non-hydrogen) atoms. The lowest BCUT2D eigenvalue weighted by Gasteiger charge is -2.23. The van der Waals surface area contributed by atoms with Gasteiger partial charge in [-0.3, -0.25) is 0 Å². The zero-order chi connectivity index (χ0) is 19.7. The van der Waals surface area contributed by atoms with Crippen LogP contribution in [0.1, 0.15) is 11.1 Å². The summed E-state index contributed by atoms with van der Waals surface area (Å²) in [6.07, 6.45) is 0. The molecule has 4 rings (SSSR count). The molecule has 0 heterocycles. The van der Waals surface area contributed by atoms with Gasteiger partial charge in [0, 0.05) is 0 Å². The van der Waals surface area contributed by atoms with Gasteiger partial charge in [0.1, 0.15) is 0 Å². The summed E-state index contributed by atoms with van der Waals surface area (Å²) >= 11 is 0. The van der Waals surface area contributed by atoms with Crippen LogP contribution in [-0.4, -0.2) is 18.1 Å². The average molecular weight is 409 g/mol. The Morgan fingerprint density at radius 3 is 1.07 bits per heavy atom. The Kier molecular flexibility index (Phi) is 6.87. The molecule has 1 nitrogen and oxygen atoms in total. The lowest BCUT2D eigenvalue weighted by Crippen LogP contribution is -2.47. The largest absolute Gasteiger partial charge is 0.448 e. The molecular weight excluding hydrogens is 384 g/mol. The van der Waals surface area contributed by atoms with Crippen molar-refractivity contribution in [2.24, 2.45) is 0 Å². The summed E-state index contributed by atoms with van der Waals surface area (Å²) < 4.78 is 7.03. The van der Waals surface area contributed by atoms with E-state index in [1.807, 2.05) is 0 Å². The lowest BCUT2D eigenvalue weighted by atomic mass is 10.2. The predicted octanol–water partition coefficient (Wildman–Crippen LogP) is 4.36. The van der Waals surface area contributed by atoms with Crippen LogP contribution in [0.5, 0.6) is 0 Å². The van der Waals surface area contributed by atoms with Gasteiger partial charge in [0.2, 0.25) is 18.1 Å². The first-order chi connectivity index (χ1) is 14.4. The van der Waals surface area contributed by atoms with Gasteiger partial charge in [-0.15, -0.1) is 0 Å². The highest BCUT2D eigenvalue weighted by Crippen LogP contribution is 2.09. The van der Waals surface area contributed by atoms with E-state index in [2.05, 4.69) is 121 Å². The number of benzene rings is 4. The Balaban J connectivity index is 1.64. The zero-order valence-electron chi connectivity index (χ0n) is 16.4. The van der Waals surface area contributed by atoms with Crippen LogP contribution in [0, 0.1) is 0 Å². The van der Waals surface area contributed by atoms with E-state index in [9.17, 15) is 0 Å². The summed E-state index contributed by atoms with van der Waals surface area (Å²) in [5.41, 5.74) is 2.69. The van der Waals surface area contributed by atoms with Crippen molar-refractivity contribution in [1.29, 1.82) is 0 Å². The van der Waals surface area contributed by atoms with Crippen LogP contribution in [-0.2, 0) is 16.2 Å². The van der Waals surface area contributed by atoms with Crippen LogP contribution in [0.4, 0.5) is 0 Å². The van der Waals surface area contributed by atoms with Crippen molar-refractivity contribution >= 4 is 28.5 Å². The standard InChI is InChI=1S/C26H24OSi2/c1-5-13-23(14-6-1)21-28(25-17-9-3-10-18-25)27-29(26-19-11-4-12-20-26)22-24-15-7-2-8-16-24/h1-20H,21-22H2. The molecule has 0 unspecified atom stereocenters. The lowest BCUT2D eigenvalue weighted by molar-refractivity contribution is 0.601. The molecule has 4 aromatic carbocycles. The van der Waals surface area contributed by atoms with Gasteiger partial charge in [-0.2, -0.15) is 0 Å². The molecule has 2 radical (unpaired) electrons. The molecule has 0 fully saturated rings. The van der Waals surface area contributed by atoms with E-state index in [1.54, 1.807) is 0 Å². The third-order valence-electron chi connectivity index (χ3n) is 4.85. The van der Waals surface area contributed by atoms with E-state index in [0.29, 0.717) is 0 Å². The van der Waals surface area contributed by atoms with Gasteiger partial charge in [-0.25, -0.2) is 0 Å². The fourth-order valence-corrected chi connectivity index (χ4v) is 8.81. The molecule has 3 heteroatoms. The van der Waals surface area contributed by atoms with Crippen molar-refractivity contribution in [1.82, 2.24) is 0 Å². The summed E-state index contributed by atoms with van der Waals surface area (Å²) in [7, 11) is -2.39. The maximum Gasteiger partial charge on any atom is 0.239 e. The highest BCUT2D eigenvalue weighted by molar-refractivity contribution is 6.79. The van der Waals surface area contributed by atoms with Gasteiger partial charge < -0.3 is 4.12 Å². The minimum Gasteiger partial charge on any atom is -0.448 e. The summed E-state index contributed by atoms with van der Waals surface area (Å²) in [5, 5.41) is 2.68. The fraction of sp³-hybridized carbons (Fsp3) is 0.0769. The normalized spacial score (nSPS) is 11.1. The van der Waals surface area contributed by atoms with Gasteiger partial charge >= 0.3 is 0 Å². The highest BCUT2D eigenvalue weighted by Gasteiger charge is 2.25. The van der Waals surface area contributed by atoms with Gasteiger partial charge in [0.25, 0.3) is 0 Å². The van der Waals surface area contributed by atoms with Gasteiger partial charge in [0.05, 0.1) is 0 Å². The summed E-state index contributed by atoms with van der Waals surface area (Å²) in [5.74, 6) is 0. The third-order valence-corrected chi connectivity index (χ3v) is 10.2. The number of hydrogen-bond donors (Lipinski definition) is 0. The molecule has 0 aromatic heterocycles. The van der Waals surface area contributed by atoms with Crippen LogP contribution >= 0.6 is 0 Å². The van der Waals surface area contributed by atoms with Crippen LogP contribution in [0.25, 0.3) is 0 Å². The third kappa shape index (κ3) is 5.64. The molecule has 0 aliphatic rings. The SMILES string of the molecule is c1ccc(C[Si](O[Si](Cc2ccccc2)c2ccccc2)c2ccccc2)cc1. The minimum atomic E-state index is -1.19. The van der Waals surface area contributed by atoms with E-state index in [4.69, 9.17) is 4.12 Å². The molecule has 0 bridgehead atoms. The van der Waals surface area contributed by atoms with Crippen LogP contribution in [0.15, 0.2) is 121 Å². The molecule has 0 saturated heterocycles. The van der Waals surface area contributed by atoms with Gasteiger partial charge in [0.15, 0.2) is 0 Å². The van der Waals surface area contributed by atoms with Crippen LogP contribution in [0.3, 0.4) is 0 Å². The Morgan fingerprint density at radius 2 is 0.724 bits per heavy atom. The molecule has 0 spiro atoms. The Bertz CT molecular complexity index is 893. The topological polar surface area (TPSA) is 9.23 Å². The second kappa shape index (κ2) is 10.2. The van der Waals surface area contributed by atoms with Gasteiger partial charge in [-0.1, -0.05) is 121 Å². The maximum absolute atomic E-state index is 7.03. The molecule has 142 valence electrons. The minimum absolute atomic E-state index is 0.977. The van der Waals surface area contributed by atoms with Crippen LogP contribution in [0.2, 0.25) is 0 Å². The van der Waals surface area contributed by atoms with E-state index in [1.165, 1.54) is 21.5 Å². The van der Waals surface area contributed by atoms with Crippen molar-refractivity contribution in [3.05, 3.63) is 132 Å².